The molecule has 0 unspecified atom stereocenters. The van der Waals surface area contributed by atoms with E-state index in [0.717, 1.165) is 5.56 Å². The maximum Gasteiger partial charge on any atom is 0.326 e. The van der Waals surface area contributed by atoms with Crippen molar-refractivity contribution < 1.29 is 0 Å². The lowest BCUT2D eigenvalue weighted by molar-refractivity contribution is 0.875. The molecule has 0 fully saturated rings. The molecule has 2 N–H and O–H groups in total. The second-order valence-corrected chi connectivity index (χ2v) is 4.34. The molecule has 0 spiro atoms. The Bertz CT molecular complexity index is 576. The molecule has 0 bridgehead atoms. The number of rotatable bonds is 1. The Labute approximate surface area is 83.6 Å². The Hall–Kier alpha value is -1.36. The van der Waals surface area contributed by atoms with Crippen molar-refractivity contribution >= 4 is 21.6 Å². The van der Waals surface area contributed by atoms with Gasteiger partial charge in [-0.15, -0.1) is 11.3 Å². The van der Waals surface area contributed by atoms with E-state index in [9.17, 15) is 9.59 Å². The van der Waals surface area contributed by atoms with Gasteiger partial charge >= 0.3 is 5.69 Å². The van der Waals surface area contributed by atoms with Gasteiger partial charge in [0.25, 0.3) is 5.56 Å². The lowest BCUT2D eigenvalue weighted by Crippen LogP contribution is -2.21. The van der Waals surface area contributed by atoms with Gasteiger partial charge in [-0.3, -0.25) is 9.78 Å². The first-order valence-corrected chi connectivity index (χ1v) is 5.21. The lowest BCUT2D eigenvalue weighted by atomic mass is 10.1. The summed E-state index contributed by atoms with van der Waals surface area (Å²) in [5, 5.41) is 1.92. The third kappa shape index (κ3) is 1.29. The highest BCUT2D eigenvalue weighted by Gasteiger charge is 2.10. The number of thiophene rings is 1. The molecule has 2 aromatic rings. The third-order valence-corrected chi connectivity index (χ3v) is 3.11. The van der Waals surface area contributed by atoms with Gasteiger partial charge in [0.15, 0.2) is 0 Å². The molecular weight excluding hydrogens is 200 g/mol. The van der Waals surface area contributed by atoms with Gasteiger partial charge in [-0.25, -0.2) is 4.79 Å². The zero-order valence-corrected chi connectivity index (χ0v) is 8.70. The molecule has 4 nitrogen and oxygen atoms in total. The maximum atomic E-state index is 11.4. The molecule has 2 heterocycles. The van der Waals surface area contributed by atoms with Crippen LogP contribution in [0.1, 0.15) is 25.3 Å². The zero-order valence-electron chi connectivity index (χ0n) is 7.88. The average Bonchev–Trinajstić information content (AvgIpc) is 2.47. The van der Waals surface area contributed by atoms with Gasteiger partial charge in [-0.2, -0.15) is 0 Å². The Balaban J connectivity index is 2.92. The summed E-state index contributed by atoms with van der Waals surface area (Å²) in [6, 6.07) is 0. The Morgan fingerprint density at radius 2 is 2.00 bits per heavy atom. The van der Waals surface area contributed by atoms with Gasteiger partial charge in [0, 0.05) is 0 Å². The van der Waals surface area contributed by atoms with E-state index in [-0.39, 0.29) is 5.56 Å². The van der Waals surface area contributed by atoms with Gasteiger partial charge in [-0.05, 0) is 16.9 Å². The first-order valence-electron chi connectivity index (χ1n) is 4.33. The first-order chi connectivity index (χ1) is 6.59. The smallest absolute Gasteiger partial charge is 0.306 e. The van der Waals surface area contributed by atoms with Gasteiger partial charge in [-0.1, -0.05) is 13.8 Å². The number of hydrogen-bond donors (Lipinski definition) is 2. The van der Waals surface area contributed by atoms with E-state index in [2.05, 4.69) is 9.97 Å². The van der Waals surface area contributed by atoms with Gasteiger partial charge < -0.3 is 4.98 Å². The number of H-pyrrole nitrogens is 2. The van der Waals surface area contributed by atoms with E-state index in [1.165, 1.54) is 11.3 Å². The number of fused-ring (bicyclic) bond motifs is 1. The minimum atomic E-state index is -0.442. The first kappa shape index (κ1) is 9.21. The predicted octanol–water partition coefficient (Wildman–Crippen LogP) is 1.40. The monoisotopic (exact) mass is 210 g/mol. The Morgan fingerprint density at radius 1 is 1.29 bits per heavy atom. The largest absolute Gasteiger partial charge is 0.326 e. The molecule has 2 rings (SSSR count). The number of nitrogens with one attached hydrogen (secondary N) is 2. The van der Waals surface area contributed by atoms with Crippen LogP contribution in [-0.4, -0.2) is 9.97 Å². The maximum absolute atomic E-state index is 11.4. The van der Waals surface area contributed by atoms with E-state index in [4.69, 9.17) is 0 Å². The van der Waals surface area contributed by atoms with Crippen LogP contribution in [0.15, 0.2) is 15.0 Å². The fraction of sp³-hybridized carbons (Fsp3) is 0.333. The van der Waals surface area contributed by atoms with E-state index >= 15 is 0 Å². The van der Waals surface area contributed by atoms with Gasteiger partial charge in [0.05, 0.1) is 5.52 Å². The summed E-state index contributed by atoms with van der Waals surface area (Å²) in [5.41, 5.74) is 0.954. The van der Waals surface area contributed by atoms with Crippen molar-refractivity contribution in [2.24, 2.45) is 0 Å². The van der Waals surface area contributed by atoms with Crippen LogP contribution < -0.4 is 11.2 Å². The van der Waals surface area contributed by atoms with Crippen LogP contribution >= 0.6 is 11.3 Å². The summed E-state index contributed by atoms with van der Waals surface area (Å²) in [6.07, 6.45) is 0. The van der Waals surface area contributed by atoms with Crippen LogP contribution in [-0.2, 0) is 0 Å². The molecule has 14 heavy (non-hydrogen) atoms. The SMILES string of the molecule is CC(C)c1csc2c(=O)[nH]c(=O)[nH]c12. The fourth-order valence-corrected chi connectivity index (χ4v) is 2.48. The van der Waals surface area contributed by atoms with E-state index in [1.807, 2.05) is 19.2 Å². The number of aromatic nitrogens is 2. The molecule has 0 saturated heterocycles. The second-order valence-electron chi connectivity index (χ2n) is 3.46. The van der Waals surface area contributed by atoms with Crippen molar-refractivity contribution in [3.63, 3.8) is 0 Å². The minimum absolute atomic E-state index is 0.305. The summed E-state index contributed by atoms with van der Waals surface area (Å²) in [5.74, 6) is 0.307. The fourth-order valence-electron chi connectivity index (χ4n) is 1.40. The van der Waals surface area contributed by atoms with Crippen molar-refractivity contribution in [1.82, 2.24) is 9.97 Å². The molecule has 0 aliphatic carbocycles. The van der Waals surface area contributed by atoms with Gasteiger partial charge in [0.2, 0.25) is 0 Å². The highest BCUT2D eigenvalue weighted by atomic mass is 32.1. The summed E-state index contributed by atoms with van der Waals surface area (Å²) in [4.78, 5) is 27.3. The molecule has 0 aromatic carbocycles. The second kappa shape index (κ2) is 3.09. The predicted molar refractivity (Wildman–Crippen MR) is 57.2 cm³/mol. The van der Waals surface area contributed by atoms with Crippen molar-refractivity contribution in [3.8, 4) is 0 Å². The van der Waals surface area contributed by atoms with Crippen LogP contribution in [0.4, 0.5) is 0 Å². The van der Waals surface area contributed by atoms with Gasteiger partial charge in [0.1, 0.15) is 4.70 Å². The highest BCUT2D eigenvalue weighted by Crippen LogP contribution is 2.26. The Kier molecular flexibility index (Phi) is 2.03. The molecule has 0 atom stereocenters. The van der Waals surface area contributed by atoms with Crippen LogP contribution in [0.25, 0.3) is 10.2 Å². The van der Waals surface area contributed by atoms with Crippen LogP contribution in [0.2, 0.25) is 0 Å². The molecule has 0 amide bonds. The van der Waals surface area contributed by atoms with Crippen molar-refractivity contribution in [3.05, 3.63) is 31.8 Å². The topological polar surface area (TPSA) is 65.7 Å². The normalized spacial score (nSPS) is 11.4. The van der Waals surface area contributed by atoms with Crippen LogP contribution in [0.3, 0.4) is 0 Å². The van der Waals surface area contributed by atoms with Crippen LogP contribution in [0, 0.1) is 0 Å². The molecule has 0 radical (unpaired) electrons. The molecule has 2 aromatic heterocycles. The van der Waals surface area contributed by atoms with E-state index in [0.29, 0.717) is 16.1 Å². The highest BCUT2D eigenvalue weighted by molar-refractivity contribution is 7.17. The molecule has 0 aliphatic heterocycles. The molecule has 0 aliphatic rings. The molecular formula is C9H10N2O2S. The standard InChI is InChI=1S/C9H10N2O2S/c1-4(2)5-3-14-7-6(5)10-9(13)11-8(7)12/h3-4H,1-2H3,(H2,10,11,12,13). The third-order valence-electron chi connectivity index (χ3n) is 2.11. The van der Waals surface area contributed by atoms with Crippen molar-refractivity contribution in [2.75, 3.05) is 0 Å². The number of hydrogen-bond acceptors (Lipinski definition) is 3. The summed E-state index contributed by atoms with van der Waals surface area (Å²) in [7, 11) is 0. The zero-order chi connectivity index (χ0) is 10.3. The summed E-state index contributed by atoms with van der Waals surface area (Å²) >= 11 is 1.36. The molecule has 5 heteroatoms. The Morgan fingerprint density at radius 3 is 2.64 bits per heavy atom. The minimum Gasteiger partial charge on any atom is -0.306 e. The van der Waals surface area contributed by atoms with E-state index in [1.54, 1.807) is 0 Å². The average molecular weight is 210 g/mol. The lowest BCUT2D eigenvalue weighted by Gasteiger charge is -2.00. The number of aromatic amines is 2. The molecule has 0 saturated carbocycles. The molecule has 74 valence electrons. The van der Waals surface area contributed by atoms with Crippen LogP contribution in [0.5, 0.6) is 0 Å². The van der Waals surface area contributed by atoms with Crippen molar-refractivity contribution in [1.29, 1.82) is 0 Å². The summed E-state index contributed by atoms with van der Waals surface area (Å²) in [6.45, 7) is 4.06. The summed E-state index contributed by atoms with van der Waals surface area (Å²) < 4.78 is 0.591. The quantitative estimate of drug-likeness (QED) is 0.747. The van der Waals surface area contributed by atoms with E-state index < -0.39 is 5.69 Å². The van der Waals surface area contributed by atoms with Crippen molar-refractivity contribution in [2.45, 2.75) is 19.8 Å².